The van der Waals surface area contributed by atoms with Gasteiger partial charge in [-0.3, -0.25) is 14.7 Å². The first-order valence-electron chi connectivity index (χ1n) is 9.76. The van der Waals surface area contributed by atoms with Crippen LogP contribution in [0.15, 0.2) is 30.5 Å². The van der Waals surface area contributed by atoms with Gasteiger partial charge in [0, 0.05) is 29.1 Å². The average Bonchev–Trinajstić information content (AvgIpc) is 3.35. The molecule has 0 aliphatic rings. The molecule has 4 aromatic rings. The molecule has 0 unspecified atom stereocenters. The Morgan fingerprint density at radius 3 is 2.52 bits per heavy atom. The first-order valence-corrected chi connectivity index (χ1v) is 9.76. The summed E-state index contributed by atoms with van der Waals surface area (Å²) in [7, 11) is 0. The van der Waals surface area contributed by atoms with Crippen molar-refractivity contribution in [1.29, 1.82) is 0 Å². The number of aryl methyl sites for hydroxylation is 3. The van der Waals surface area contributed by atoms with Crippen LogP contribution < -0.4 is 11.1 Å². The van der Waals surface area contributed by atoms with Crippen molar-refractivity contribution in [2.75, 3.05) is 5.32 Å². The van der Waals surface area contributed by atoms with Crippen molar-refractivity contribution in [2.45, 2.75) is 33.6 Å². The molecule has 1 aromatic carbocycles. The molecule has 0 bridgehead atoms. The molecule has 31 heavy (non-hydrogen) atoms. The summed E-state index contributed by atoms with van der Waals surface area (Å²) in [6.45, 7) is 5.57. The normalized spacial score (nSPS) is 11.1. The van der Waals surface area contributed by atoms with E-state index in [1.807, 2.05) is 45.0 Å². The topological polar surface area (TPSA) is 144 Å². The van der Waals surface area contributed by atoms with Crippen molar-refractivity contribution < 1.29 is 9.59 Å². The number of hydrogen-bond acceptors (Lipinski definition) is 6. The summed E-state index contributed by atoms with van der Waals surface area (Å²) in [5.41, 5.74) is 10.1. The number of nitrogens with zero attached hydrogens (tertiary/aromatic N) is 5. The third kappa shape index (κ3) is 4.00. The number of H-pyrrole nitrogens is 1. The smallest absolute Gasteiger partial charge is 0.254 e. The molecule has 0 aliphatic carbocycles. The fourth-order valence-electron chi connectivity index (χ4n) is 3.48. The zero-order valence-electron chi connectivity index (χ0n) is 17.4. The van der Waals surface area contributed by atoms with E-state index in [1.165, 1.54) is 6.20 Å². The van der Waals surface area contributed by atoms with Gasteiger partial charge in [-0.1, -0.05) is 0 Å². The maximum atomic E-state index is 12.5. The highest BCUT2D eigenvalue weighted by atomic mass is 16.2. The molecule has 2 amide bonds. The highest BCUT2D eigenvalue weighted by molar-refractivity contribution is 5.98. The lowest BCUT2D eigenvalue weighted by molar-refractivity contribution is -0.116. The first-order chi connectivity index (χ1) is 14.8. The molecule has 10 heteroatoms. The molecular formula is C21H22N8O2. The lowest BCUT2D eigenvalue weighted by Crippen LogP contribution is -2.15. The van der Waals surface area contributed by atoms with E-state index in [0.717, 1.165) is 28.3 Å². The van der Waals surface area contributed by atoms with E-state index < -0.39 is 5.91 Å². The molecule has 3 aromatic heterocycles. The zero-order valence-corrected chi connectivity index (χ0v) is 17.4. The Labute approximate surface area is 177 Å². The number of amides is 2. The molecule has 0 saturated carbocycles. The number of hydrogen-bond donors (Lipinski definition) is 3. The van der Waals surface area contributed by atoms with E-state index in [4.69, 9.17) is 5.73 Å². The molecule has 0 atom stereocenters. The highest BCUT2D eigenvalue weighted by Gasteiger charge is 2.17. The van der Waals surface area contributed by atoms with E-state index in [-0.39, 0.29) is 17.9 Å². The molecule has 4 rings (SSSR count). The van der Waals surface area contributed by atoms with Crippen molar-refractivity contribution >= 4 is 23.1 Å². The summed E-state index contributed by atoms with van der Waals surface area (Å²) in [4.78, 5) is 32.8. The summed E-state index contributed by atoms with van der Waals surface area (Å²) in [5, 5.41) is 14.0. The van der Waals surface area contributed by atoms with Crippen LogP contribution in [-0.4, -0.2) is 41.6 Å². The Bertz CT molecular complexity index is 1290. The molecule has 4 N–H and O–H groups in total. The third-order valence-corrected chi connectivity index (χ3v) is 5.10. The van der Waals surface area contributed by atoms with E-state index in [2.05, 4.69) is 30.6 Å². The van der Waals surface area contributed by atoms with Gasteiger partial charge in [-0.2, -0.15) is 10.2 Å². The van der Waals surface area contributed by atoms with Crippen molar-refractivity contribution in [2.24, 2.45) is 5.73 Å². The van der Waals surface area contributed by atoms with Crippen LogP contribution in [0.1, 0.15) is 39.6 Å². The second-order valence-corrected chi connectivity index (χ2v) is 7.29. The van der Waals surface area contributed by atoms with Gasteiger partial charge in [0.1, 0.15) is 11.4 Å². The van der Waals surface area contributed by atoms with Crippen molar-refractivity contribution in [3.63, 3.8) is 0 Å². The van der Waals surface area contributed by atoms with Crippen molar-refractivity contribution in [1.82, 2.24) is 29.8 Å². The predicted molar refractivity (Wildman–Crippen MR) is 114 cm³/mol. The van der Waals surface area contributed by atoms with Gasteiger partial charge in [0.05, 0.1) is 6.20 Å². The molecular weight excluding hydrogens is 396 g/mol. The SMILES string of the molecule is Cc1nc(-c2ccc(NC(=O)CCc3c(C)nc4c(C(N)=O)cnn4c3C)cc2)n[nH]1. The zero-order chi connectivity index (χ0) is 22.1. The summed E-state index contributed by atoms with van der Waals surface area (Å²) in [6, 6.07) is 7.35. The largest absolute Gasteiger partial charge is 0.365 e. The monoisotopic (exact) mass is 418 g/mol. The van der Waals surface area contributed by atoms with Gasteiger partial charge in [-0.15, -0.1) is 0 Å². The summed E-state index contributed by atoms with van der Waals surface area (Å²) in [5.74, 6) is 0.672. The number of fused-ring (bicyclic) bond motifs is 1. The fourth-order valence-corrected chi connectivity index (χ4v) is 3.48. The van der Waals surface area contributed by atoms with Gasteiger partial charge < -0.3 is 11.1 Å². The standard InChI is InChI=1S/C21H22N8O2/c1-11-16(12(2)29-21(24-11)17(10-23-29)19(22)31)8-9-18(30)26-15-6-4-14(5-7-15)20-25-13(3)27-28-20/h4-7,10H,8-9H2,1-3H3,(H2,22,31)(H,26,30)(H,25,27,28). The van der Waals surface area contributed by atoms with Crippen LogP contribution in [0.2, 0.25) is 0 Å². The second kappa shape index (κ2) is 7.98. The number of rotatable bonds is 6. The second-order valence-electron chi connectivity index (χ2n) is 7.29. The van der Waals surface area contributed by atoms with Gasteiger partial charge >= 0.3 is 0 Å². The minimum absolute atomic E-state index is 0.112. The molecule has 0 radical (unpaired) electrons. The lowest BCUT2D eigenvalue weighted by atomic mass is 10.1. The Balaban J connectivity index is 1.44. The first kappa shape index (κ1) is 20.2. The number of aromatic nitrogens is 6. The van der Waals surface area contributed by atoms with Crippen LogP contribution in [0.25, 0.3) is 17.0 Å². The van der Waals surface area contributed by atoms with Crippen LogP contribution in [0.4, 0.5) is 5.69 Å². The highest BCUT2D eigenvalue weighted by Crippen LogP contribution is 2.20. The number of anilines is 1. The minimum atomic E-state index is -0.572. The Hall–Kier alpha value is -4.08. The van der Waals surface area contributed by atoms with Gasteiger partial charge in [-0.05, 0) is 57.0 Å². The van der Waals surface area contributed by atoms with Crippen LogP contribution in [-0.2, 0) is 11.2 Å². The van der Waals surface area contributed by atoms with Crippen LogP contribution >= 0.6 is 0 Å². The predicted octanol–water partition coefficient (Wildman–Crippen LogP) is 2.11. The van der Waals surface area contributed by atoms with E-state index >= 15 is 0 Å². The van der Waals surface area contributed by atoms with Crippen molar-refractivity contribution in [3.05, 3.63) is 58.8 Å². The third-order valence-electron chi connectivity index (χ3n) is 5.10. The number of carbonyl (C=O) groups is 2. The summed E-state index contributed by atoms with van der Waals surface area (Å²) in [6.07, 6.45) is 2.19. The lowest BCUT2D eigenvalue weighted by Gasteiger charge is -2.11. The van der Waals surface area contributed by atoms with Gasteiger partial charge in [0.25, 0.3) is 5.91 Å². The van der Waals surface area contributed by atoms with E-state index in [1.54, 1.807) is 4.52 Å². The molecule has 0 spiro atoms. The molecule has 0 saturated heterocycles. The average molecular weight is 418 g/mol. The number of benzene rings is 1. The molecule has 3 heterocycles. The van der Waals surface area contributed by atoms with E-state index in [0.29, 0.717) is 23.6 Å². The van der Waals surface area contributed by atoms with Gasteiger partial charge in [0.15, 0.2) is 11.5 Å². The van der Waals surface area contributed by atoms with E-state index in [9.17, 15) is 9.59 Å². The summed E-state index contributed by atoms with van der Waals surface area (Å²) >= 11 is 0. The maximum Gasteiger partial charge on any atom is 0.254 e. The fraction of sp³-hybridized carbons (Fsp3) is 0.238. The number of aromatic amines is 1. The quantitative estimate of drug-likeness (QED) is 0.437. The van der Waals surface area contributed by atoms with Crippen LogP contribution in [0, 0.1) is 20.8 Å². The number of primary amides is 1. The molecule has 0 aliphatic heterocycles. The van der Waals surface area contributed by atoms with Crippen LogP contribution in [0.5, 0.6) is 0 Å². The molecule has 158 valence electrons. The van der Waals surface area contributed by atoms with Gasteiger partial charge in [-0.25, -0.2) is 14.5 Å². The number of carbonyl (C=O) groups excluding carboxylic acids is 2. The maximum absolute atomic E-state index is 12.5. The Morgan fingerprint density at radius 2 is 1.87 bits per heavy atom. The Kier molecular flexibility index (Phi) is 5.20. The summed E-state index contributed by atoms with van der Waals surface area (Å²) < 4.78 is 1.59. The number of nitrogens with two attached hydrogens (primary N) is 1. The Morgan fingerprint density at radius 1 is 1.13 bits per heavy atom. The molecule has 10 nitrogen and oxygen atoms in total. The van der Waals surface area contributed by atoms with Gasteiger partial charge in [0.2, 0.25) is 5.91 Å². The number of nitrogens with one attached hydrogen (secondary N) is 2. The van der Waals surface area contributed by atoms with Crippen molar-refractivity contribution in [3.8, 4) is 11.4 Å². The molecule has 0 fully saturated rings. The minimum Gasteiger partial charge on any atom is -0.365 e. The van der Waals surface area contributed by atoms with Crippen LogP contribution in [0.3, 0.4) is 0 Å².